The predicted molar refractivity (Wildman–Crippen MR) is 268 cm³/mol. The van der Waals surface area contributed by atoms with E-state index >= 15 is 0 Å². The molecule has 0 N–H and O–H groups in total. The fourth-order valence-electron chi connectivity index (χ4n) is 9.37. The molecule has 11 aromatic rings. The van der Waals surface area contributed by atoms with Crippen LogP contribution in [0.3, 0.4) is 0 Å². The largest absolute Gasteiger partial charge is 0.456 e. The number of furan rings is 1. The van der Waals surface area contributed by atoms with Crippen LogP contribution in [0.4, 0.5) is 17.1 Å². The second-order valence-electron chi connectivity index (χ2n) is 16.1. The van der Waals surface area contributed by atoms with Gasteiger partial charge in [0.1, 0.15) is 11.2 Å². The van der Waals surface area contributed by atoms with E-state index in [1.54, 1.807) is 0 Å². The third kappa shape index (κ3) is 7.05. The number of benzene rings is 10. The molecule has 0 bridgehead atoms. The highest BCUT2D eigenvalue weighted by atomic mass is 28.3. The summed E-state index contributed by atoms with van der Waals surface area (Å²) in [5.41, 5.74) is 12.1. The molecule has 2 nitrogen and oxygen atoms in total. The van der Waals surface area contributed by atoms with E-state index in [1.165, 1.54) is 43.0 Å². The molecule has 11 rings (SSSR count). The summed E-state index contributed by atoms with van der Waals surface area (Å²) >= 11 is 0. The molecule has 3 heteroatoms. The van der Waals surface area contributed by atoms with Crippen molar-refractivity contribution in [1.82, 2.24) is 0 Å². The summed E-state index contributed by atoms with van der Waals surface area (Å²) in [6.07, 6.45) is 0. The third-order valence-corrected chi connectivity index (χ3v) is 17.3. The first-order valence-electron chi connectivity index (χ1n) is 21.6. The standard InChI is InChI=1S/C60H43NOSi/c1-5-15-44(16-6-1)45-25-27-46(28-26-45)47-29-34-50(35-30-47)61(51-36-31-48(32-37-51)49-33-42-58-57-23-13-14-24-59(57)62-60(58)43-49)52-38-40-56(41-39-52)63(53-17-7-2-8-18-53,54-19-9-3-10-20-54)55-21-11-4-12-22-55/h1-43H. The van der Waals surface area contributed by atoms with Gasteiger partial charge in [-0.1, -0.05) is 206 Å². The Labute approximate surface area is 369 Å². The highest BCUT2D eigenvalue weighted by molar-refractivity contribution is 7.19. The summed E-state index contributed by atoms with van der Waals surface area (Å²) in [5.74, 6) is 0. The van der Waals surface area contributed by atoms with Crippen molar-refractivity contribution in [1.29, 1.82) is 0 Å². The summed E-state index contributed by atoms with van der Waals surface area (Å²) in [6.45, 7) is 0. The molecule has 0 amide bonds. The molecule has 1 heterocycles. The summed E-state index contributed by atoms with van der Waals surface area (Å²) in [5, 5.41) is 7.68. The van der Waals surface area contributed by atoms with Crippen LogP contribution in [0.15, 0.2) is 265 Å². The molecule has 0 aliphatic rings. The van der Waals surface area contributed by atoms with Gasteiger partial charge in [0.25, 0.3) is 0 Å². The zero-order chi connectivity index (χ0) is 42.0. The molecule has 0 radical (unpaired) electrons. The van der Waals surface area contributed by atoms with Gasteiger partial charge in [-0.15, -0.1) is 0 Å². The molecular weight excluding hydrogens is 779 g/mol. The van der Waals surface area contributed by atoms with Gasteiger partial charge >= 0.3 is 0 Å². The monoisotopic (exact) mass is 821 g/mol. The zero-order valence-electron chi connectivity index (χ0n) is 34.7. The molecule has 0 unspecified atom stereocenters. The summed E-state index contributed by atoms with van der Waals surface area (Å²) in [6, 6.07) is 94.8. The van der Waals surface area contributed by atoms with E-state index in [4.69, 9.17) is 4.42 Å². The Hall–Kier alpha value is -7.98. The first-order chi connectivity index (χ1) is 31.2. The highest BCUT2D eigenvalue weighted by Gasteiger charge is 2.41. The van der Waals surface area contributed by atoms with E-state index < -0.39 is 8.07 Å². The molecule has 298 valence electrons. The van der Waals surface area contributed by atoms with E-state index in [9.17, 15) is 0 Å². The molecule has 10 aromatic carbocycles. The number of anilines is 3. The van der Waals surface area contributed by atoms with Crippen LogP contribution in [0.1, 0.15) is 0 Å². The maximum absolute atomic E-state index is 6.27. The second kappa shape index (κ2) is 16.5. The lowest BCUT2D eigenvalue weighted by atomic mass is 10.00. The molecule has 63 heavy (non-hydrogen) atoms. The average molecular weight is 822 g/mol. The van der Waals surface area contributed by atoms with Crippen molar-refractivity contribution < 1.29 is 4.42 Å². The van der Waals surface area contributed by atoms with Crippen LogP contribution in [-0.4, -0.2) is 8.07 Å². The summed E-state index contributed by atoms with van der Waals surface area (Å²) in [7, 11) is -2.69. The van der Waals surface area contributed by atoms with Crippen LogP contribution in [-0.2, 0) is 0 Å². The van der Waals surface area contributed by atoms with E-state index in [2.05, 4.69) is 254 Å². The molecule has 0 aliphatic carbocycles. The Balaban J connectivity index is 1.00. The van der Waals surface area contributed by atoms with E-state index in [1.807, 2.05) is 12.1 Å². The minimum Gasteiger partial charge on any atom is -0.456 e. The molecule has 0 spiro atoms. The zero-order valence-corrected chi connectivity index (χ0v) is 35.7. The molecule has 0 aliphatic heterocycles. The van der Waals surface area contributed by atoms with Crippen molar-refractivity contribution >= 4 is 67.8 Å². The minimum atomic E-state index is -2.69. The smallest absolute Gasteiger partial charge is 0.179 e. The number of hydrogen-bond donors (Lipinski definition) is 0. The Morgan fingerprint density at radius 1 is 0.254 bits per heavy atom. The quantitative estimate of drug-likeness (QED) is 0.101. The number of hydrogen-bond acceptors (Lipinski definition) is 2. The van der Waals surface area contributed by atoms with Gasteiger partial charge in [-0.2, -0.15) is 0 Å². The molecule has 0 fully saturated rings. The van der Waals surface area contributed by atoms with Gasteiger partial charge in [0, 0.05) is 27.8 Å². The fourth-order valence-corrected chi connectivity index (χ4v) is 14.1. The third-order valence-electron chi connectivity index (χ3n) is 12.5. The molecule has 0 saturated heterocycles. The lowest BCUT2D eigenvalue weighted by Crippen LogP contribution is -2.74. The second-order valence-corrected chi connectivity index (χ2v) is 19.9. The Kier molecular flexibility index (Phi) is 9.93. The summed E-state index contributed by atoms with van der Waals surface area (Å²) < 4.78 is 6.27. The highest BCUT2D eigenvalue weighted by Crippen LogP contribution is 2.38. The van der Waals surface area contributed by atoms with Crippen molar-refractivity contribution in [3.05, 3.63) is 261 Å². The normalized spacial score (nSPS) is 11.5. The van der Waals surface area contributed by atoms with Gasteiger partial charge in [-0.05, 0) is 109 Å². The van der Waals surface area contributed by atoms with Crippen LogP contribution < -0.4 is 25.6 Å². The van der Waals surface area contributed by atoms with Crippen LogP contribution in [0.5, 0.6) is 0 Å². The number of rotatable bonds is 10. The molecule has 1 aromatic heterocycles. The summed E-state index contributed by atoms with van der Waals surface area (Å²) in [4.78, 5) is 2.37. The molecule has 0 atom stereocenters. The maximum Gasteiger partial charge on any atom is 0.179 e. The van der Waals surface area contributed by atoms with Crippen LogP contribution in [0, 0.1) is 0 Å². The van der Waals surface area contributed by atoms with Crippen molar-refractivity contribution in [2.75, 3.05) is 4.90 Å². The lowest BCUT2D eigenvalue weighted by molar-refractivity contribution is 0.669. The number of fused-ring (bicyclic) bond motifs is 3. The van der Waals surface area contributed by atoms with Gasteiger partial charge in [-0.3, -0.25) is 0 Å². The van der Waals surface area contributed by atoms with Crippen LogP contribution in [0.25, 0.3) is 55.3 Å². The van der Waals surface area contributed by atoms with E-state index in [0.717, 1.165) is 50.1 Å². The maximum atomic E-state index is 6.27. The van der Waals surface area contributed by atoms with Crippen LogP contribution >= 0.6 is 0 Å². The Bertz CT molecular complexity index is 3180. The lowest BCUT2D eigenvalue weighted by Gasteiger charge is -2.35. The SMILES string of the molecule is c1ccc(-c2ccc(-c3ccc(N(c4ccc(-c5ccc6c(c5)oc5ccccc56)cc4)c4ccc([Si](c5ccccc5)(c5ccccc5)c5ccccc5)cc4)cc3)cc2)cc1. The Morgan fingerprint density at radius 3 is 1.08 bits per heavy atom. The van der Waals surface area contributed by atoms with Gasteiger partial charge < -0.3 is 9.32 Å². The van der Waals surface area contributed by atoms with Gasteiger partial charge in [0.15, 0.2) is 8.07 Å². The fraction of sp³-hybridized carbons (Fsp3) is 0. The topological polar surface area (TPSA) is 16.4 Å². The first-order valence-corrected chi connectivity index (χ1v) is 23.6. The molecular formula is C60H43NOSi. The number of para-hydroxylation sites is 1. The van der Waals surface area contributed by atoms with E-state index in [-0.39, 0.29) is 0 Å². The van der Waals surface area contributed by atoms with Crippen molar-refractivity contribution in [3.63, 3.8) is 0 Å². The Morgan fingerprint density at radius 2 is 0.587 bits per heavy atom. The molecule has 0 saturated carbocycles. The predicted octanol–water partition coefficient (Wildman–Crippen LogP) is 13.4. The van der Waals surface area contributed by atoms with Gasteiger partial charge in [0.05, 0.1) is 0 Å². The van der Waals surface area contributed by atoms with Gasteiger partial charge in [-0.25, -0.2) is 0 Å². The van der Waals surface area contributed by atoms with Crippen molar-refractivity contribution in [2.24, 2.45) is 0 Å². The van der Waals surface area contributed by atoms with Crippen molar-refractivity contribution in [3.8, 4) is 33.4 Å². The van der Waals surface area contributed by atoms with Gasteiger partial charge in [0.2, 0.25) is 0 Å². The number of nitrogens with zero attached hydrogens (tertiary/aromatic N) is 1. The van der Waals surface area contributed by atoms with Crippen molar-refractivity contribution in [2.45, 2.75) is 0 Å². The average Bonchev–Trinajstić information content (AvgIpc) is 3.75. The van der Waals surface area contributed by atoms with E-state index in [0.29, 0.717) is 0 Å². The first kappa shape index (κ1) is 38.0. The van der Waals surface area contributed by atoms with Crippen LogP contribution in [0.2, 0.25) is 0 Å². The minimum absolute atomic E-state index is 0.899.